The van der Waals surface area contributed by atoms with Gasteiger partial charge in [-0.15, -0.1) is 0 Å². The highest BCUT2D eigenvalue weighted by atomic mass is 35.5. The first-order valence-corrected chi connectivity index (χ1v) is 28.9. The van der Waals surface area contributed by atoms with Crippen molar-refractivity contribution in [3.8, 4) is 0 Å². The Balaban J connectivity index is 0.000000127. The van der Waals surface area contributed by atoms with E-state index in [9.17, 15) is 9.90 Å². The molecule has 1 aliphatic rings. The summed E-state index contributed by atoms with van der Waals surface area (Å²) in [5.41, 5.74) is 5.14. The van der Waals surface area contributed by atoms with Crippen LogP contribution < -0.4 is 16.0 Å². The number of hydrogen-bond acceptors (Lipinski definition) is 18. The van der Waals surface area contributed by atoms with E-state index in [0.717, 1.165) is 85.9 Å². The topological polar surface area (TPSA) is 283 Å². The van der Waals surface area contributed by atoms with E-state index in [1.165, 1.54) is 23.4 Å². The average Bonchev–Trinajstić information content (AvgIpc) is 2.17. The molecule has 12 aromatic rings. The molecule has 0 spiro atoms. The number of hydrogen-bond donors (Lipinski definition) is 6. The van der Waals surface area contributed by atoms with Crippen LogP contribution in [-0.2, 0) is 56.9 Å². The minimum Gasteiger partial charge on any atom is -0.469 e. The molecule has 12 aromatic heterocycles. The molecule has 1 fully saturated rings. The van der Waals surface area contributed by atoms with Gasteiger partial charge in [-0.1, -0.05) is 0 Å². The standard InChI is InChI=1S/C16H18ClN3O2.C15H16ClN5O2.C14H15ClN4O2.C14H13ClN4O/c1-16(2,21)10-20-8-7-12-13(18-15(17)19-14(12)20)6-5-11-4-3-9-22-11;1-20(2)12(22)9-21-6-5-11-13(18-15(16)19-14(11)21)17-8-10-4-3-7-23-10;1-9-7-11-12(16-8-10-3-2-6-21-10)17-14(15)18-13(11)19(9)4-5-20;15-14-18-12(16-7-9-2-1-5-20-9)10-6-11(8-3-4-8)17-13(10)19-14/h3-4,7-9,21H,5-6,10H2,1-2H3;3-7H,8-9H2,1-2H3,(H,17,18,19);2-3,6-7,20H,4-5,8H2,1H3,(H,16,17,18);1-2,5-6,8H,3-4,7H2,(H2,16,17,18,19). The van der Waals surface area contributed by atoms with Gasteiger partial charge in [0.25, 0.3) is 0 Å². The van der Waals surface area contributed by atoms with Crippen molar-refractivity contribution >= 4 is 114 Å². The van der Waals surface area contributed by atoms with Crippen LogP contribution in [0.5, 0.6) is 0 Å². The molecule has 0 aliphatic heterocycles. The third-order valence-electron chi connectivity index (χ3n) is 13.6. The highest BCUT2D eigenvalue weighted by Crippen LogP contribution is 2.41. The molecular formula is C59H62Cl4N16O7. The Labute approximate surface area is 512 Å². The molecular weight excluding hydrogens is 1190 g/mol. The third-order valence-corrected chi connectivity index (χ3v) is 14.3. The fraction of sp³-hybridized carbons (Fsp3) is 0.305. The number of rotatable bonds is 19. The minimum absolute atomic E-state index is 0.0256. The zero-order valence-electron chi connectivity index (χ0n) is 47.6. The Kier molecular flexibility index (Phi) is 19.2. The molecule has 1 saturated carbocycles. The van der Waals surface area contributed by atoms with E-state index in [1.807, 2.05) is 89.0 Å². The fourth-order valence-electron chi connectivity index (χ4n) is 9.36. The summed E-state index contributed by atoms with van der Waals surface area (Å²) in [5, 5.41) is 33.2. The van der Waals surface area contributed by atoms with Crippen molar-refractivity contribution in [2.24, 2.45) is 0 Å². The highest BCUT2D eigenvalue weighted by molar-refractivity contribution is 6.29. The van der Waals surface area contributed by atoms with Crippen molar-refractivity contribution in [2.45, 2.75) is 97.2 Å². The van der Waals surface area contributed by atoms with Gasteiger partial charge in [0, 0.05) is 56.2 Å². The largest absolute Gasteiger partial charge is 0.469 e. The number of aromatic nitrogens is 12. The Morgan fingerprint density at radius 1 is 0.640 bits per heavy atom. The number of nitrogens with zero attached hydrogens (tertiary/aromatic N) is 12. The second-order valence-electron chi connectivity index (χ2n) is 21.0. The monoisotopic (exact) mass is 1250 g/mol. The first-order chi connectivity index (χ1) is 41.4. The number of nitrogens with one attached hydrogen (secondary N) is 4. The summed E-state index contributed by atoms with van der Waals surface area (Å²) in [7, 11) is 3.43. The van der Waals surface area contributed by atoms with Gasteiger partial charge in [0.05, 0.1) is 85.3 Å². The second kappa shape index (κ2) is 27.3. The number of aryl methyl sites for hydroxylation is 3. The van der Waals surface area contributed by atoms with Gasteiger partial charge in [0.1, 0.15) is 69.6 Å². The summed E-state index contributed by atoms with van der Waals surface area (Å²) in [6.45, 7) is 8.21. The maximum atomic E-state index is 11.9. The number of carbonyl (C=O) groups excluding carboxylic acids is 1. The molecule has 0 unspecified atom stereocenters. The lowest BCUT2D eigenvalue weighted by Gasteiger charge is -2.18. The molecule has 27 heteroatoms. The van der Waals surface area contributed by atoms with Gasteiger partial charge < -0.3 is 67.4 Å². The van der Waals surface area contributed by atoms with Gasteiger partial charge in [-0.05, 0) is 165 Å². The smallest absolute Gasteiger partial charge is 0.242 e. The fourth-order valence-corrected chi connectivity index (χ4v) is 10.0. The van der Waals surface area contributed by atoms with E-state index in [2.05, 4.69) is 66.9 Å². The number of anilines is 3. The lowest BCUT2D eigenvalue weighted by molar-refractivity contribution is -0.129. The van der Waals surface area contributed by atoms with Gasteiger partial charge in [-0.3, -0.25) is 4.79 Å². The molecule has 6 N–H and O–H groups in total. The third kappa shape index (κ3) is 15.5. The van der Waals surface area contributed by atoms with E-state index in [0.29, 0.717) is 61.6 Å². The normalized spacial score (nSPS) is 12.2. The lowest BCUT2D eigenvalue weighted by Crippen LogP contribution is -2.26. The van der Waals surface area contributed by atoms with Crippen LogP contribution in [0.15, 0.2) is 128 Å². The number of amides is 1. The number of furan rings is 4. The average molecular weight is 1250 g/mol. The number of fused-ring (bicyclic) bond motifs is 4. The van der Waals surface area contributed by atoms with Crippen LogP contribution in [0.3, 0.4) is 0 Å². The first-order valence-electron chi connectivity index (χ1n) is 27.4. The lowest BCUT2D eigenvalue weighted by atomic mass is 10.1. The summed E-state index contributed by atoms with van der Waals surface area (Å²) < 4.78 is 26.8. The summed E-state index contributed by atoms with van der Waals surface area (Å²) >= 11 is 24.1. The van der Waals surface area contributed by atoms with Gasteiger partial charge in [-0.2, -0.15) is 19.9 Å². The van der Waals surface area contributed by atoms with Crippen LogP contribution in [0.25, 0.3) is 44.1 Å². The number of aliphatic hydroxyl groups excluding tert-OH is 1. The molecule has 1 amide bonds. The van der Waals surface area contributed by atoms with Gasteiger partial charge >= 0.3 is 0 Å². The van der Waals surface area contributed by atoms with Gasteiger partial charge in [0.15, 0.2) is 0 Å². The number of carbonyl (C=O) groups is 1. The highest BCUT2D eigenvalue weighted by Gasteiger charge is 2.26. The number of halogens is 4. The molecule has 448 valence electrons. The zero-order chi connectivity index (χ0) is 60.5. The first kappa shape index (κ1) is 60.7. The minimum atomic E-state index is -0.822. The molecule has 23 nitrogen and oxygen atoms in total. The van der Waals surface area contributed by atoms with E-state index in [1.54, 1.807) is 63.8 Å². The summed E-state index contributed by atoms with van der Waals surface area (Å²) in [6, 6.07) is 22.9. The van der Waals surface area contributed by atoms with Crippen molar-refractivity contribution in [2.75, 3.05) is 36.7 Å². The summed E-state index contributed by atoms with van der Waals surface area (Å²) in [4.78, 5) is 50.9. The van der Waals surface area contributed by atoms with Gasteiger partial charge in [0.2, 0.25) is 27.0 Å². The Bertz CT molecular complexity index is 4170. The van der Waals surface area contributed by atoms with Crippen molar-refractivity contribution in [3.05, 3.63) is 171 Å². The zero-order valence-corrected chi connectivity index (χ0v) is 50.6. The maximum Gasteiger partial charge on any atom is 0.242 e. The quantitative estimate of drug-likeness (QED) is 0.0410. The van der Waals surface area contributed by atoms with Crippen LogP contribution in [0.4, 0.5) is 17.5 Å². The Morgan fingerprint density at radius 2 is 1.14 bits per heavy atom. The van der Waals surface area contributed by atoms with E-state index >= 15 is 0 Å². The van der Waals surface area contributed by atoms with E-state index < -0.39 is 5.60 Å². The molecule has 86 heavy (non-hydrogen) atoms. The molecule has 0 saturated heterocycles. The number of likely N-dealkylation sites (N-methyl/N-ethyl adjacent to an activating group) is 1. The van der Waals surface area contributed by atoms with Crippen LogP contribution in [0, 0.1) is 6.92 Å². The molecule has 1 aliphatic carbocycles. The maximum absolute atomic E-state index is 11.9. The van der Waals surface area contributed by atoms with Crippen molar-refractivity contribution in [3.63, 3.8) is 0 Å². The van der Waals surface area contributed by atoms with E-state index in [-0.39, 0.29) is 40.2 Å². The predicted octanol–water partition coefficient (Wildman–Crippen LogP) is 11.9. The Hall–Kier alpha value is -8.45. The Morgan fingerprint density at radius 3 is 1.67 bits per heavy atom. The molecule has 13 rings (SSSR count). The molecule has 0 radical (unpaired) electrons. The molecule has 0 atom stereocenters. The SMILES string of the molecule is CC(C)(O)Cn1ccc2c(CCc3ccco3)nc(Cl)nc21.CN(C)C(=O)Cn1ccc2c(NCc3ccco3)nc(Cl)nc21.Cc1cc2c(NCc3ccco3)nc(Cl)nc2n1CCO.Clc1nc(NCc2ccco2)c2cc(C3CC3)[nH]c2n1. The van der Waals surface area contributed by atoms with Crippen LogP contribution in [0.2, 0.25) is 21.1 Å². The van der Waals surface area contributed by atoms with Crippen LogP contribution in [0.1, 0.15) is 72.7 Å². The summed E-state index contributed by atoms with van der Waals surface area (Å²) in [6.07, 6.45) is 14.2. The second-order valence-corrected chi connectivity index (χ2v) is 22.3. The molecule has 0 bridgehead atoms. The predicted molar refractivity (Wildman–Crippen MR) is 330 cm³/mol. The van der Waals surface area contributed by atoms with Crippen LogP contribution in [-0.4, -0.2) is 106 Å². The summed E-state index contributed by atoms with van der Waals surface area (Å²) in [5.74, 6) is 5.97. The van der Waals surface area contributed by atoms with Crippen molar-refractivity contribution in [1.29, 1.82) is 0 Å². The number of H-pyrrole nitrogens is 1. The van der Waals surface area contributed by atoms with Gasteiger partial charge in [-0.25, -0.2) is 19.9 Å². The number of aliphatic hydroxyl groups is 2. The van der Waals surface area contributed by atoms with E-state index in [4.69, 9.17) is 69.2 Å². The van der Waals surface area contributed by atoms with Crippen LogP contribution >= 0.6 is 46.4 Å². The van der Waals surface area contributed by atoms with Crippen molar-refractivity contribution < 1.29 is 32.7 Å². The van der Waals surface area contributed by atoms with Crippen molar-refractivity contribution in [1.82, 2.24) is 63.5 Å². The molecule has 0 aromatic carbocycles. The molecule has 12 heterocycles. The number of aromatic amines is 1.